The number of benzene rings is 1. The summed E-state index contributed by atoms with van der Waals surface area (Å²) in [5.41, 5.74) is 4.90. The molecule has 0 saturated heterocycles. The van der Waals surface area contributed by atoms with E-state index >= 15 is 0 Å². The van der Waals surface area contributed by atoms with E-state index in [1.165, 1.54) is 11.3 Å². The van der Waals surface area contributed by atoms with Gasteiger partial charge in [-0.25, -0.2) is 4.98 Å². The third-order valence-electron chi connectivity index (χ3n) is 3.23. The second kappa shape index (κ2) is 3.57. The van der Waals surface area contributed by atoms with Gasteiger partial charge in [0.25, 0.3) is 0 Å². The van der Waals surface area contributed by atoms with E-state index in [-0.39, 0.29) is 0 Å². The van der Waals surface area contributed by atoms with Crippen LogP contribution in [-0.2, 0) is 6.42 Å². The van der Waals surface area contributed by atoms with Crippen LogP contribution in [0.15, 0.2) is 40.9 Å². The first-order valence-corrected chi connectivity index (χ1v) is 5.99. The summed E-state index contributed by atoms with van der Waals surface area (Å²) < 4.78 is 5.71. The molecule has 1 aliphatic rings. The molecule has 0 aliphatic carbocycles. The lowest BCUT2D eigenvalue weighted by Gasteiger charge is -2.01. The Labute approximate surface area is 104 Å². The van der Waals surface area contributed by atoms with Crippen molar-refractivity contribution >= 4 is 16.9 Å². The Hall–Kier alpha value is -2.36. The highest BCUT2D eigenvalue weighted by Crippen LogP contribution is 2.29. The average molecular weight is 237 g/mol. The SMILES string of the molecule is c1cnc2nc(-c3ccc4c(c3)NCC4)oc2c1. The van der Waals surface area contributed by atoms with Crippen molar-refractivity contribution in [1.82, 2.24) is 9.97 Å². The second-order valence-electron chi connectivity index (χ2n) is 4.39. The van der Waals surface area contributed by atoms with Crippen LogP contribution in [0.25, 0.3) is 22.7 Å². The summed E-state index contributed by atoms with van der Waals surface area (Å²) in [6.07, 6.45) is 2.81. The minimum atomic E-state index is 0.625. The lowest BCUT2D eigenvalue weighted by molar-refractivity contribution is 0.619. The Kier molecular flexibility index (Phi) is 1.91. The van der Waals surface area contributed by atoms with Crippen LogP contribution < -0.4 is 5.32 Å². The maximum atomic E-state index is 5.71. The van der Waals surface area contributed by atoms with Crippen LogP contribution >= 0.6 is 0 Å². The largest absolute Gasteiger partial charge is 0.434 e. The molecule has 0 radical (unpaired) electrons. The summed E-state index contributed by atoms with van der Waals surface area (Å²) in [5.74, 6) is 0.625. The average Bonchev–Trinajstić information content (AvgIpc) is 3.04. The van der Waals surface area contributed by atoms with Crippen molar-refractivity contribution in [3.05, 3.63) is 42.1 Å². The first kappa shape index (κ1) is 9.65. The summed E-state index contributed by atoms with van der Waals surface area (Å²) in [6, 6.07) is 10.0. The predicted molar refractivity (Wildman–Crippen MR) is 69.4 cm³/mol. The van der Waals surface area contributed by atoms with Gasteiger partial charge in [-0.05, 0) is 36.2 Å². The summed E-state index contributed by atoms with van der Waals surface area (Å²) >= 11 is 0. The molecule has 1 aliphatic heterocycles. The molecule has 2 aromatic heterocycles. The van der Waals surface area contributed by atoms with Crippen LogP contribution in [0.1, 0.15) is 5.56 Å². The fourth-order valence-corrected chi connectivity index (χ4v) is 2.32. The van der Waals surface area contributed by atoms with Crippen LogP contribution in [0.2, 0.25) is 0 Å². The molecule has 1 aromatic carbocycles. The highest BCUT2D eigenvalue weighted by molar-refractivity contribution is 5.74. The van der Waals surface area contributed by atoms with Crippen molar-refractivity contribution in [3.63, 3.8) is 0 Å². The van der Waals surface area contributed by atoms with E-state index in [4.69, 9.17) is 4.42 Å². The van der Waals surface area contributed by atoms with Crippen molar-refractivity contribution in [3.8, 4) is 11.5 Å². The molecule has 4 rings (SSSR count). The van der Waals surface area contributed by atoms with Crippen LogP contribution in [0.4, 0.5) is 5.69 Å². The van der Waals surface area contributed by atoms with Gasteiger partial charge < -0.3 is 9.73 Å². The molecule has 0 saturated carbocycles. The first-order valence-electron chi connectivity index (χ1n) is 5.99. The van der Waals surface area contributed by atoms with Crippen LogP contribution in [0, 0.1) is 0 Å². The Balaban J connectivity index is 1.86. The molecule has 88 valence electrons. The third-order valence-corrected chi connectivity index (χ3v) is 3.23. The molecule has 0 amide bonds. The van der Waals surface area contributed by atoms with Crippen molar-refractivity contribution in [2.45, 2.75) is 6.42 Å². The topological polar surface area (TPSA) is 51.0 Å². The smallest absolute Gasteiger partial charge is 0.228 e. The van der Waals surface area contributed by atoms with E-state index in [0.717, 1.165) is 24.1 Å². The number of nitrogens with one attached hydrogen (secondary N) is 1. The second-order valence-corrected chi connectivity index (χ2v) is 4.39. The maximum Gasteiger partial charge on any atom is 0.228 e. The molecule has 3 heterocycles. The van der Waals surface area contributed by atoms with Crippen molar-refractivity contribution in [2.75, 3.05) is 11.9 Å². The number of aromatic nitrogens is 2. The summed E-state index contributed by atoms with van der Waals surface area (Å²) in [5, 5.41) is 3.36. The molecule has 0 atom stereocenters. The van der Waals surface area contributed by atoms with Crippen molar-refractivity contribution in [2.24, 2.45) is 0 Å². The molecule has 4 nitrogen and oxygen atoms in total. The molecular weight excluding hydrogens is 226 g/mol. The minimum absolute atomic E-state index is 0.625. The van der Waals surface area contributed by atoms with Crippen LogP contribution in [0.5, 0.6) is 0 Å². The molecule has 0 unspecified atom stereocenters. The zero-order valence-electron chi connectivity index (χ0n) is 9.68. The number of nitrogens with zero attached hydrogens (tertiary/aromatic N) is 2. The highest BCUT2D eigenvalue weighted by atomic mass is 16.3. The molecule has 0 spiro atoms. The monoisotopic (exact) mass is 237 g/mol. The van der Waals surface area contributed by atoms with E-state index < -0.39 is 0 Å². The number of anilines is 1. The quantitative estimate of drug-likeness (QED) is 0.707. The zero-order valence-corrected chi connectivity index (χ0v) is 9.68. The molecule has 1 N–H and O–H groups in total. The number of hydrogen-bond acceptors (Lipinski definition) is 4. The van der Waals surface area contributed by atoms with Gasteiger partial charge in [0.05, 0.1) is 0 Å². The third kappa shape index (κ3) is 1.39. The molecule has 0 bridgehead atoms. The Morgan fingerprint density at radius 3 is 3.17 bits per heavy atom. The van der Waals surface area contributed by atoms with Crippen molar-refractivity contribution in [1.29, 1.82) is 0 Å². The fraction of sp³-hybridized carbons (Fsp3) is 0.143. The summed E-state index contributed by atoms with van der Waals surface area (Å²) in [7, 11) is 0. The van der Waals surface area contributed by atoms with Gasteiger partial charge >= 0.3 is 0 Å². The standard InChI is InChI=1S/C14H11N3O/c1-2-12-13(16-6-1)17-14(18-12)10-4-3-9-5-7-15-11(9)8-10/h1-4,6,8,15H,5,7H2. The molecular formula is C14H11N3O. The zero-order chi connectivity index (χ0) is 11.9. The number of rotatable bonds is 1. The van der Waals surface area contributed by atoms with Gasteiger partial charge in [0.15, 0.2) is 11.2 Å². The van der Waals surface area contributed by atoms with E-state index in [1.54, 1.807) is 6.20 Å². The summed E-state index contributed by atoms with van der Waals surface area (Å²) in [6.45, 7) is 1.01. The number of oxazole rings is 1. The van der Waals surface area contributed by atoms with E-state index in [0.29, 0.717) is 11.5 Å². The van der Waals surface area contributed by atoms with Gasteiger partial charge in [-0.1, -0.05) is 6.07 Å². The van der Waals surface area contributed by atoms with Gasteiger partial charge in [-0.15, -0.1) is 0 Å². The van der Waals surface area contributed by atoms with E-state index in [9.17, 15) is 0 Å². The van der Waals surface area contributed by atoms with Gasteiger partial charge in [-0.3, -0.25) is 0 Å². The number of pyridine rings is 1. The Morgan fingerprint density at radius 1 is 1.22 bits per heavy atom. The van der Waals surface area contributed by atoms with Crippen molar-refractivity contribution < 1.29 is 4.42 Å². The van der Waals surface area contributed by atoms with Crippen LogP contribution in [0.3, 0.4) is 0 Å². The normalized spacial score (nSPS) is 13.6. The minimum Gasteiger partial charge on any atom is -0.434 e. The number of fused-ring (bicyclic) bond motifs is 2. The van der Waals surface area contributed by atoms with Gasteiger partial charge in [0.2, 0.25) is 5.89 Å². The Bertz CT molecular complexity index is 700. The molecule has 0 fully saturated rings. The molecule has 3 aromatic rings. The predicted octanol–water partition coefficient (Wildman–Crippen LogP) is 2.86. The van der Waals surface area contributed by atoms with E-state index in [1.807, 2.05) is 12.1 Å². The highest BCUT2D eigenvalue weighted by Gasteiger charge is 2.14. The molecule has 18 heavy (non-hydrogen) atoms. The van der Waals surface area contributed by atoms with Gasteiger partial charge in [0, 0.05) is 24.0 Å². The fourth-order valence-electron chi connectivity index (χ4n) is 2.32. The molecule has 4 heteroatoms. The maximum absolute atomic E-state index is 5.71. The lowest BCUT2D eigenvalue weighted by Crippen LogP contribution is -1.91. The lowest BCUT2D eigenvalue weighted by atomic mass is 10.1. The van der Waals surface area contributed by atoms with E-state index in [2.05, 4.69) is 33.5 Å². The summed E-state index contributed by atoms with van der Waals surface area (Å²) in [4.78, 5) is 8.58. The van der Waals surface area contributed by atoms with Crippen LogP contribution in [-0.4, -0.2) is 16.5 Å². The van der Waals surface area contributed by atoms with Gasteiger partial charge in [-0.2, -0.15) is 4.98 Å². The Morgan fingerprint density at radius 2 is 2.22 bits per heavy atom. The first-order chi connectivity index (χ1) is 8.90. The number of hydrogen-bond donors (Lipinski definition) is 1. The van der Waals surface area contributed by atoms with Gasteiger partial charge in [0.1, 0.15) is 0 Å².